The largest absolute Gasteiger partial charge is 0.497 e. The Kier molecular flexibility index (Phi) is 6.32. The number of rotatable bonds is 6. The first-order valence-corrected chi connectivity index (χ1v) is 10.8. The van der Waals surface area contributed by atoms with Gasteiger partial charge in [0.05, 0.1) is 20.5 Å². The van der Waals surface area contributed by atoms with Crippen molar-refractivity contribution in [2.45, 2.75) is 6.92 Å². The van der Waals surface area contributed by atoms with Crippen molar-refractivity contribution in [2.75, 3.05) is 19.5 Å². The second-order valence-corrected chi connectivity index (χ2v) is 8.17. The number of ether oxygens (including phenoxy) is 2. The highest BCUT2D eigenvalue weighted by Gasteiger charge is 2.15. The summed E-state index contributed by atoms with van der Waals surface area (Å²) in [7, 11) is 3.24. The lowest BCUT2D eigenvalue weighted by molar-refractivity contribution is -0.111. The number of benzene rings is 3. The second-order valence-electron chi connectivity index (χ2n) is 7.26. The molecule has 1 heterocycles. The van der Waals surface area contributed by atoms with Gasteiger partial charge in [0.1, 0.15) is 17.1 Å². The summed E-state index contributed by atoms with van der Waals surface area (Å²) >= 11 is 3.41. The van der Waals surface area contributed by atoms with E-state index >= 15 is 0 Å². The molecule has 0 aliphatic carbocycles. The van der Waals surface area contributed by atoms with Crippen LogP contribution in [0.25, 0.3) is 27.7 Å². The second kappa shape index (κ2) is 9.32. The lowest BCUT2D eigenvalue weighted by Gasteiger charge is -2.10. The first kappa shape index (κ1) is 21.7. The Morgan fingerprint density at radius 2 is 1.84 bits per heavy atom. The van der Waals surface area contributed by atoms with Crippen molar-refractivity contribution in [1.29, 1.82) is 0 Å². The van der Waals surface area contributed by atoms with Gasteiger partial charge in [-0.15, -0.1) is 0 Å². The molecule has 0 radical (unpaired) electrons. The number of nitrogens with one attached hydrogen (secondary N) is 1. The molecule has 0 aliphatic rings. The van der Waals surface area contributed by atoms with Crippen LogP contribution in [0.3, 0.4) is 0 Å². The average molecular weight is 492 g/mol. The van der Waals surface area contributed by atoms with E-state index in [2.05, 4.69) is 21.2 Å². The van der Waals surface area contributed by atoms with E-state index in [-0.39, 0.29) is 5.91 Å². The van der Waals surface area contributed by atoms with Gasteiger partial charge in [0.15, 0.2) is 0 Å². The molecule has 32 heavy (non-hydrogen) atoms. The van der Waals surface area contributed by atoms with Crippen LogP contribution in [0.1, 0.15) is 12.5 Å². The van der Waals surface area contributed by atoms with Crippen LogP contribution in [0.4, 0.5) is 5.69 Å². The summed E-state index contributed by atoms with van der Waals surface area (Å²) in [5, 5.41) is 3.81. The van der Waals surface area contributed by atoms with E-state index < -0.39 is 0 Å². The summed E-state index contributed by atoms with van der Waals surface area (Å²) in [6.07, 6.45) is 3.29. The Balaban J connectivity index is 1.72. The van der Waals surface area contributed by atoms with Crippen molar-refractivity contribution in [3.05, 3.63) is 83.0 Å². The third kappa shape index (κ3) is 4.55. The number of hydrogen-bond acceptors (Lipinski definition) is 4. The monoisotopic (exact) mass is 491 g/mol. The van der Waals surface area contributed by atoms with Crippen LogP contribution in [0.15, 0.2) is 81.9 Å². The molecule has 5 nitrogen and oxygen atoms in total. The summed E-state index contributed by atoms with van der Waals surface area (Å²) < 4.78 is 17.6. The molecular weight excluding hydrogens is 470 g/mol. The molecule has 0 saturated carbocycles. The molecule has 0 aliphatic heterocycles. The number of anilines is 1. The van der Waals surface area contributed by atoms with Crippen LogP contribution in [0.2, 0.25) is 0 Å². The predicted molar refractivity (Wildman–Crippen MR) is 131 cm³/mol. The van der Waals surface area contributed by atoms with E-state index in [0.29, 0.717) is 17.0 Å². The zero-order chi connectivity index (χ0) is 22.7. The molecule has 1 N–H and O–H groups in total. The molecule has 6 heteroatoms. The minimum absolute atomic E-state index is 0.219. The SMILES string of the molecule is COc1cccc(-c2coc3cc(OC)c(/C(C)=C/C(=O)Nc4cccc(Br)c4)cc23)c1. The minimum Gasteiger partial charge on any atom is -0.497 e. The number of carbonyl (C=O) groups excluding carboxylic acids is 1. The summed E-state index contributed by atoms with van der Waals surface area (Å²) in [5.41, 5.74) is 4.92. The number of allylic oxidation sites excluding steroid dienone is 1. The molecule has 0 unspecified atom stereocenters. The average Bonchev–Trinajstić information content (AvgIpc) is 3.21. The molecule has 0 bridgehead atoms. The molecule has 1 amide bonds. The molecule has 4 rings (SSSR count). The number of hydrogen-bond donors (Lipinski definition) is 1. The van der Waals surface area contributed by atoms with E-state index in [0.717, 1.165) is 37.9 Å². The summed E-state index contributed by atoms with van der Waals surface area (Å²) in [5.74, 6) is 1.18. The highest BCUT2D eigenvalue weighted by Crippen LogP contribution is 2.38. The van der Waals surface area contributed by atoms with Crippen molar-refractivity contribution >= 4 is 44.1 Å². The zero-order valence-corrected chi connectivity index (χ0v) is 19.5. The van der Waals surface area contributed by atoms with Crippen molar-refractivity contribution in [3.63, 3.8) is 0 Å². The Bertz CT molecular complexity index is 1320. The first-order valence-electron chi connectivity index (χ1n) is 9.97. The molecule has 0 spiro atoms. The van der Waals surface area contributed by atoms with Gasteiger partial charge in [-0.2, -0.15) is 0 Å². The maximum absolute atomic E-state index is 12.6. The van der Waals surface area contributed by atoms with Gasteiger partial charge in [-0.1, -0.05) is 34.1 Å². The molecule has 3 aromatic carbocycles. The minimum atomic E-state index is -0.219. The number of methoxy groups -OCH3 is 2. The van der Waals surface area contributed by atoms with Crippen LogP contribution >= 0.6 is 15.9 Å². The molecular formula is C26H22BrNO4. The van der Waals surface area contributed by atoms with Gasteiger partial charge in [0.25, 0.3) is 0 Å². The molecule has 4 aromatic rings. The van der Waals surface area contributed by atoms with E-state index in [1.165, 1.54) is 0 Å². The molecule has 162 valence electrons. The van der Waals surface area contributed by atoms with Gasteiger partial charge in [-0.05, 0) is 54.5 Å². The Labute approximate surface area is 194 Å². The fourth-order valence-electron chi connectivity index (χ4n) is 3.57. The Morgan fingerprint density at radius 3 is 2.59 bits per heavy atom. The lowest BCUT2D eigenvalue weighted by Crippen LogP contribution is -2.08. The van der Waals surface area contributed by atoms with Crippen LogP contribution in [0.5, 0.6) is 11.5 Å². The van der Waals surface area contributed by atoms with E-state index in [9.17, 15) is 4.79 Å². The van der Waals surface area contributed by atoms with E-state index in [1.54, 1.807) is 26.6 Å². The van der Waals surface area contributed by atoms with E-state index in [1.807, 2.05) is 67.6 Å². The van der Waals surface area contributed by atoms with Crippen LogP contribution in [-0.2, 0) is 4.79 Å². The fourth-order valence-corrected chi connectivity index (χ4v) is 3.96. The number of furan rings is 1. The standard InChI is InChI=1S/C26H22BrNO4/c1-16(10-26(29)28-19-8-5-7-18(27)12-19)21-13-22-23(15-32-25(22)14-24(21)31-3)17-6-4-9-20(11-17)30-2/h4-15H,1-3H3,(H,28,29)/b16-10+. The summed E-state index contributed by atoms with van der Waals surface area (Å²) in [6.45, 7) is 1.88. The molecule has 0 fully saturated rings. The maximum Gasteiger partial charge on any atom is 0.248 e. The lowest BCUT2D eigenvalue weighted by atomic mass is 9.99. The zero-order valence-electron chi connectivity index (χ0n) is 17.9. The van der Waals surface area contributed by atoms with Gasteiger partial charge < -0.3 is 19.2 Å². The Morgan fingerprint density at radius 1 is 1.03 bits per heavy atom. The van der Waals surface area contributed by atoms with Crippen LogP contribution in [0, 0.1) is 0 Å². The van der Waals surface area contributed by atoms with Crippen LogP contribution in [-0.4, -0.2) is 20.1 Å². The van der Waals surface area contributed by atoms with E-state index in [4.69, 9.17) is 13.9 Å². The van der Waals surface area contributed by atoms with Gasteiger partial charge in [0, 0.05) is 38.8 Å². The third-order valence-electron chi connectivity index (χ3n) is 5.14. The Hall–Kier alpha value is -3.51. The molecule has 0 atom stereocenters. The number of fused-ring (bicyclic) bond motifs is 1. The van der Waals surface area contributed by atoms with Crippen molar-refractivity contribution in [2.24, 2.45) is 0 Å². The van der Waals surface area contributed by atoms with Gasteiger partial charge in [0.2, 0.25) is 5.91 Å². The number of halogens is 1. The molecule has 0 saturated heterocycles. The highest BCUT2D eigenvalue weighted by atomic mass is 79.9. The van der Waals surface area contributed by atoms with Gasteiger partial charge >= 0.3 is 0 Å². The first-order chi connectivity index (χ1) is 15.5. The fraction of sp³-hybridized carbons (Fsp3) is 0.115. The smallest absolute Gasteiger partial charge is 0.248 e. The predicted octanol–water partition coefficient (Wildman–Crippen LogP) is 6.92. The number of carbonyl (C=O) groups is 1. The quantitative estimate of drug-likeness (QED) is 0.297. The van der Waals surface area contributed by atoms with Gasteiger partial charge in [-0.3, -0.25) is 4.79 Å². The molecule has 1 aromatic heterocycles. The normalized spacial score (nSPS) is 11.4. The van der Waals surface area contributed by atoms with Crippen molar-refractivity contribution in [1.82, 2.24) is 0 Å². The highest BCUT2D eigenvalue weighted by molar-refractivity contribution is 9.10. The van der Waals surface area contributed by atoms with Crippen molar-refractivity contribution in [3.8, 4) is 22.6 Å². The summed E-state index contributed by atoms with van der Waals surface area (Å²) in [6, 6.07) is 19.1. The number of amides is 1. The van der Waals surface area contributed by atoms with Gasteiger partial charge in [-0.25, -0.2) is 0 Å². The third-order valence-corrected chi connectivity index (χ3v) is 5.63. The topological polar surface area (TPSA) is 60.7 Å². The van der Waals surface area contributed by atoms with Crippen LogP contribution < -0.4 is 14.8 Å². The van der Waals surface area contributed by atoms with Crippen molar-refractivity contribution < 1.29 is 18.7 Å². The maximum atomic E-state index is 12.6. The summed E-state index contributed by atoms with van der Waals surface area (Å²) in [4.78, 5) is 12.6.